The summed E-state index contributed by atoms with van der Waals surface area (Å²) < 4.78 is 2.18. The molecule has 0 amide bonds. The fourth-order valence-corrected chi connectivity index (χ4v) is 2.45. The molecule has 0 spiro atoms. The minimum atomic E-state index is -0.140. The molecular weight excluding hydrogens is 293 g/mol. The van der Waals surface area contributed by atoms with E-state index >= 15 is 0 Å². The Morgan fingerprint density at radius 1 is 1.35 bits per heavy atom. The van der Waals surface area contributed by atoms with Crippen LogP contribution in [0.1, 0.15) is 32.0 Å². The standard InChI is InChI=1S/C15H21Cl2N3/c1-10(16)14-18-12-7-6-11(17)8-13(12)20(14)9-15(2,3)19(4)5/h6-8,10H,9H2,1-5H3. The lowest BCUT2D eigenvalue weighted by atomic mass is 10.0. The first kappa shape index (κ1) is 15.6. The van der Waals surface area contributed by atoms with Crippen molar-refractivity contribution in [3.63, 3.8) is 0 Å². The number of likely N-dealkylation sites (N-methyl/N-ethyl adjacent to an activating group) is 1. The number of halogens is 2. The van der Waals surface area contributed by atoms with Gasteiger partial charge in [-0.3, -0.25) is 0 Å². The van der Waals surface area contributed by atoms with Crippen LogP contribution in [0.4, 0.5) is 0 Å². The SMILES string of the molecule is CC(Cl)c1nc2ccc(Cl)cc2n1CC(C)(C)N(C)C. The molecule has 1 atom stereocenters. The molecule has 1 aromatic carbocycles. The van der Waals surface area contributed by atoms with E-state index < -0.39 is 0 Å². The molecule has 1 unspecified atom stereocenters. The van der Waals surface area contributed by atoms with Gasteiger partial charge in [0.1, 0.15) is 5.82 Å². The van der Waals surface area contributed by atoms with E-state index in [-0.39, 0.29) is 10.9 Å². The molecule has 20 heavy (non-hydrogen) atoms. The molecule has 110 valence electrons. The van der Waals surface area contributed by atoms with E-state index in [0.717, 1.165) is 28.4 Å². The number of benzene rings is 1. The Labute approximate surface area is 130 Å². The van der Waals surface area contributed by atoms with E-state index in [0.29, 0.717) is 0 Å². The fourth-order valence-electron chi connectivity index (χ4n) is 2.11. The Bertz CT molecular complexity index is 615. The molecule has 0 radical (unpaired) electrons. The van der Waals surface area contributed by atoms with Crippen molar-refractivity contribution in [1.29, 1.82) is 0 Å². The summed E-state index contributed by atoms with van der Waals surface area (Å²) >= 11 is 12.4. The summed E-state index contributed by atoms with van der Waals surface area (Å²) in [5.41, 5.74) is 1.97. The zero-order chi connectivity index (χ0) is 15.1. The number of alkyl halides is 1. The molecular formula is C15H21Cl2N3. The van der Waals surface area contributed by atoms with E-state index in [1.54, 1.807) is 0 Å². The van der Waals surface area contributed by atoms with E-state index in [1.165, 1.54) is 0 Å². The summed E-state index contributed by atoms with van der Waals surface area (Å²) in [6.45, 7) is 7.16. The monoisotopic (exact) mass is 313 g/mol. The third kappa shape index (κ3) is 2.95. The number of aromatic nitrogens is 2. The zero-order valence-electron chi connectivity index (χ0n) is 12.6. The molecule has 0 fully saturated rings. The average Bonchev–Trinajstić information content (AvgIpc) is 2.67. The normalized spacial score (nSPS) is 14.2. The number of hydrogen-bond acceptors (Lipinski definition) is 2. The minimum absolute atomic E-state index is 0.00350. The highest BCUT2D eigenvalue weighted by molar-refractivity contribution is 6.31. The van der Waals surface area contributed by atoms with Crippen LogP contribution in [-0.2, 0) is 6.54 Å². The highest BCUT2D eigenvalue weighted by atomic mass is 35.5. The van der Waals surface area contributed by atoms with Crippen LogP contribution < -0.4 is 0 Å². The van der Waals surface area contributed by atoms with Gasteiger partial charge in [-0.15, -0.1) is 11.6 Å². The van der Waals surface area contributed by atoms with Crippen LogP contribution in [0.3, 0.4) is 0 Å². The summed E-state index contributed by atoms with van der Waals surface area (Å²) in [7, 11) is 4.16. The highest BCUT2D eigenvalue weighted by Crippen LogP contribution is 2.28. The molecule has 0 saturated heterocycles. The predicted octanol–water partition coefficient (Wildman–Crippen LogP) is 4.33. The first-order valence-electron chi connectivity index (χ1n) is 6.69. The summed E-state index contributed by atoms with van der Waals surface area (Å²) in [4.78, 5) is 6.85. The molecule has 0 aliphatic rings. The average molecular weight is 314 g/mol. The lowest BCUT2D eigenvalue weighted by Crippen LogP contribution is -2.42. The van der Waals surface area contributed by atoms with Gasteiger partial charge >= 0.3 is 0 Å². The van der Waals surface area contributed by atoms with Crippen LogP contribution in [-0.4, -0.2) is 34.1 Å². The number of nitrogens with zero attached hydrogens (tertiary/aromatic N) is 3. The maximum absolute atomic E-state index is 6.30. The Kier molecular flexibility index (Phi) is 4.33. The lowest BCUT2D eigenvalue weighted by molar-refractivity contribution is 0.170. The van der Waals surface area contributed by atoms with Gasteiger partial charge in [-0.2, -0.15) is 0 Å². The van der Waals surface area contributed by atoms with Gasteiger partial charge in [-0.1, -0.05) is 11.6 Å². The summed E-state index contributed by atoms with van der Waals surface area (Å²) in [5, 5.41) is 0.578. The van der Waals surface area contributed by atoms with Gasteiger partial charge in [-0.25, -0.2) is 4.98 Å². The van der Waals surface area contributed by atoms with Crippen LogP contribution in [0.25, 0.3) is 11.0 Å². The molecule has 2 aromatic rings. The van der Waals surface area contributed by atoms with Crippen molar-refractivity contribution >= 4 is 34.2 Å². The van der Waals surface area contributed by atoms with Crippen molar-refractivity contribution in [2.24, 2.45) is 0 Å². The van der Waals surface area contributed by atoms with Crippen LogP contribution in [0.15, 0.2) is 18.2 Å². The molecule has 1 aromatic heterocycles. The van der Waals surface area contributed by atoms with Crippen molar-refractivity contribution < 1.29 is 0 Å². The minimum Gasteiger partial charge on any atom is -0.325 e. The van der Waals surface area contributed by atoms with Crippen LogP contribution in [0.2, 0.25) is 5.02 Å². The molecule has 0 aliphatic carbocycles. The van der Waals surface area contributed by atoms with Gasteiger partial charge in [0.25, 0.3) is 0 Å². The van der Waals surface area contributed by atoms with E-state index in [1.807, 2.05) is 25.1 Å². The van der Waals surface area contributed by atoms with Crippen LogP contribution in [0, 0.1) is 0 Å². The molecule has 0 aliphatic heterocycles. The van der Waals surface area contributed by atoms with E-state index in [9.17, 15) is 0 Å². The Morgan fingerprint density at radius 3 is 2.55 bits per heavy atom. The molecule has 1 heterocycles. The predicted molar refractivity (Wildman–Crippen MR) is 86.8 cm³/mol. The highest BCUT2D eigenvalue weighted by Gasteiger charge is 2.25. The maximum atomic E-state index is 6.30. The van der Waals surface area contributed by atoms with Crippen molar-refractivity contribution in [2.75, 3.05) is 14.1 Å². The second-order valence-corrected chi connectivity index (χ2v) is 7.10. The van der Waals surface area contributed by atoms with Gasteiger partial charge in [0.15, 0.2) is 0 Å². The number of rotatable bonds is 4. The van der Waals surface area contributed by atoms with Crippen molar-refractivity contribution in [1.82, 2.24) is 14.5 Å². The number of imidazole rings is 1. The zero-order valence-corrected chi connectivity index (χ0v) is 14.1. The summed E-state index contributed by atoms with van der Waals surface area (Å²) in [6.07, 6.45) is 0. The molecule has 5 heteroatoms. The van der Waals surface area contributed by atoms with Crippen LogP contribution >= 0.6 is 23.2 Å². The fraction of sp³-hybridized carbons (Fsp3) is 0.533. The van der Waals surface area contributed by atoms with Gasteiger partial charge in [-0.05, 0) is 53.1 Å². The first-order valence-corrected chi connectivity index (χ1v) is 7.51. The molecule has 0 bridgehead atoms. The number of fused-ring (bicyclic) bond motifs is 1. The van der Waals surface area contributed by atoms with Crippen LogP contribution in [0.5, 0.6) is 0 Å². The van der Waals surface area contributed by atoms with E-state index in [4.69, 9.17) is 23.2 Å². The van der Waals surface area contributed by atoms with Gasteiger partial charge < -0.3 is 9.47 Å². The van der Waals surface area contributed by atoms with Gasteiger partial charge in [0.2, 0.25) is 0 Å². The third-order valence-electron chi connectivity index (χ3n) is 3.85. The van der Waals surface area contributed by atoms with Crippen molar-refractivity contribution in [2.45, 2.75) is 38.2 Å². The first-order chi connectivity index (χ1) is 9.22. The third-order valence-corrected chi connectivity index (χ3v) is 4.28. The smallest absolute Gasteiger partial charge is 0.127 e. The summed E-state index contributed by atoms with van der Waals surface area (Å²) in [6, 6.07) is 5.76. The van der Waals surface area contributed by atoms with Gasteiger partial charge in [0.05, 0.1) is 16.4 Å². The second kappa shape index (κ2) is 5.55. The van der Waals surface area contributed by atoms with Gasteiger partial charge in [0, 0.05) is 17.1 Å². The topological polar surface area (TPSA) is 21.1 Å². The van der Waals surface area contributed by atoms with E-state index in [2.05, 4.69) is 42.4 Å². The Balaban J connectivity index is 2.59. The van der Waals surface area contributed by atoms with Crippen molar-refractivity contribution in [3.05, 3.63) is 29.0 Å². The Hall–Kier alpha value is -0.770. The Morgan fingerprint density at radius 2 is 2.00 bits per heavy atom. The second-order valence-electron chi connectivity index (χ2n) is 6.01. The van der Waals surface area contributed by atoms with Crippen molar-refractivity contribution in [3.8, 4) is 0 Å². The molecule has 0 N–H and O–H groups in total. The summed E-state index contributed by atoms with van der Waals surface area (Å²) in [5.74, 6) is 0.888. The molecule has 3 nitrogen and oxygen atoms in total. The number of hydrogen-bond donors (Lipinski definition) is 0. The maximum Gasteiger partial charge on any atom is 0.127 e. The molecule has 2 rings (SSSR count). The molecule has 0 saturated carbocycles. The lowest BCUT2D eigenvalue weighted by Gasteiger charge is -2.33. The largest absolute Gasteiger partial charge is 0.325 e. The quantitative estimate of drug-likeness (QED) is 0.783.